The van der Waals surface area contributed by atoms with Crippen molar-refractivity contribution in [2.75, 3.05) is 46.8 Å². The van der Waals surface area contributed by atoms with Crippen LogP contribution in [0.5, 0.6) is 0 Å². The summed E-state index contributed by atoms with van der Waals surface area (Å²) in [5.74, 6) is -1.05. The van der Waals surface area contributed by atoms with E-state index in [0.29, 0.717) is 12.6 Å². The molecule has 2 atom stereocenters. The highest BCUT2D eigenvalue weighted by Gasteiger charge is 2.22. The van der Waals surface area contributed by atoms with E-state index in [2.05, 4.69) is 29.2 Å². The fourth-order valence-electron chi connectivity index (χ4n) is 1.88. The molecule has 2 unspecified atom stereocenters. The molecule has 5 nitrogen and oxygen atoms in total. The number of nitrogens with one attached hydrogen (secondary N) is 1. The average molecular weight is 229 g/mol. The minimum absolute atomic E-state index is 0.313. The van der Waals surface area contributed by atoms with Crippen LogP contribution in [0.15, 0.2) is 0 Å². The quantitative estimate of drug-likeness (QED) is 0.668. The molecule has 1 heterocycles. The van der Waals surface area contributed by atoms with Crippen LogP contribution in [-0.4, -0.2) is 73.7 Å². The highest BCUT2D eigenvalue weighted by molar-refractivity contribution is 5.69. The molecule has 0 aromatic carbocycles. The van der Waals surface area contributed by atoms with E-state index >= 15 is 0 Å². The average Bonchev–Trinajstić information content (AvgIpc) is 2.22. The van der Waals surface area contributed by atoms with Gasteiger partial charge in [-0.25, -0.2) is 0 Å². The molecule has 16 heavy (non-hydrogen) atoms. The lowest BCUT2D eigenvalue weighted by Crippen LogP contribution is -2.54. The van der Waals surface area contributed by atoms with E-state index in [4.69, 9.17) is 5.11 Å². The normalized spacial score (nSPS) is 25.6. The smallest absolute Gasteiger partial charge is 0.307 e. The van der Waals surface area contributed by atoms with Crippen molar-refractivity contribution < 1.29 is 9.90 Å². The van der Waals surface area contributed by atoms with Crippen molar-refractivity contribution in [2.45, 2.75) is 13.0 Å². The van der Waals surface area contributed by atoms with Crippen molar-refractivity contribution in [1.29, 1.82) is 0 Å². The summed E-state index contributed by atoms with van der Waals surface area (Å²) >= 11 is 0. The van der Waals surface area contributed by atoms with E-state index in [1.54, 1.807) is 6.92 Å². The number of nitrogens with zero attached hydrogens (tertiary/aromatic N) is 2. The Balaban J connectivity index is 2.23. The maximum Gasteiger partial charge on any atom is 0.307 e. The molecule has 0 spiro atoms. The predicted molar refractivity (Wildman–Crippen MR) is 63.6 cm³/mol. The third-order valence-electron chi connectivity index (χ3n) is 3.23. The van der Waals surface area contributed by atoms with E-state index in [0.717, 1.165) is 26.2 Å². The minimum atomic E-state index is -0.735. The van der Waals surface area contributed by atoms with Gasteiger partial charge < -0.3 is 15.3 Å². The van der Waals surface area contributed by atoms with Gasteiger partial charge in [0.15, 0.2) is 0 Å². The van der Waals surface area contributed by atoms with Gasteiger partial charge in [-0.2, -0.15) is 0 Å². The molecule has 0 aliphatic carbocycles. The summed E-state index contributed by atoms with van der Waals surface area (Å²) < 4.78 is 0. The third kappa shape index (κ3) is 4.08. The van der Waals surface area contributed by atoms with E-state index in [-0.39, 0.29) is 5.92 Å². The van der Waals surface area contributed by atoms with Gasteiger partial charge in [0.05, 0.1) is 5.92 Å². The van der Waals surface area contributed by atoms with Gasteiger partial charge in [-0.05, 0) is 14.1 Å². The van der Waals surface area contributed by atoms with Crippen molar-refractivity contribution in [2.24, 2.45) is 5.92 Å². The fraction of sp³-hybridized carbons (Fsp3) is 0.909. The summed E-state index contributed by atoms with van der Waals surface area (Å²) in [6, 6.07) is 0.486. The lowest BCUT2D eigenvalue weighted by molar-refractivity contribution is -0.140. The second-order valence-corrected chi connectivity index (χ2v) is 4.79. The van der Waals surface area contributed by atoms with Gasteiger partial charge in [0.1, 0.15) is 0 Å². The molecule has 0 bridgehead atoms. The Morgan fingerprint density at radius 2 is 2.19 bits per heavy atom. The van der Waals surface area contributed by atoms with Gasteiger partial charge >= 0.3 is 5.97 Å². The van der Waals surface area contributed by atoms with Crippen molar-refractivity contribution in [3.8, 4) is 0 Å². The standard InChI is InChI=1S/C11H23N3O2/c1-9(11(15)16)6-12-7-10-8-13(2)4-5-14(10)3/h9-10,12H,4-8H2,1-3H3,(H,15,16). The molecule has 5 heteroatoms. The van der Waals surface area contributed by atoms with Crippen molar-refractivity contribution in [3.05, 3.63) is 0 Å². The van der Waals surface area contributed by atoms with E-state index in [1.165, 1.54) is 0 Å². The third-order valence-corrected chi connectivity index (χ3v) is 3.23. The summed E-state index contributed by atoms with van der Waals surface area (Å²) in [7, 11) is 4.25. The summed E-state index contributed by atoms with van der Waals surface area (Å²) in [6.45, 7) is 6.37. The Morgan fingerprint density at radius 3 is 2.81 bits per heavy atom. The first-order chi connectivity index (χ1) is 7.50. The number of carboxylic acid groups (broad SMARTS) is 1. The van der Waals surface area contributed by atoms with Gasteiger partial charge in [0.25, 0.3) is 0 Å². The zero-order chi connectivity index (χ0) is 12.1. The van der Waals surface area contributed by atoms with Crippen LogP contribution in [-0.2, 0) is 4.79 Å². The molecule has 94 valence electrons. The first-order valence-electron chi connectivity index (χ1n) is 5.83. The monoisotopic (exact) mass is 229 g/mol. The van der Waals surface area contributed by atoms with Crippen LogP contribution in [0.2, 0.25) is 0 Å². The predicted octanol–water partition coefficient (Wildman–Crippen LogP) is -0.457. The summed E-state index contributed by atoms with van der Waals surface area (Å²) in [6.07, 6.45) is 0. The zero-order valence-electron chi connectivity index (χ0n) is 10.4. The van der Waals surface area contributed by atoms with E-state index in [9.17, 15) is 4.79 Å². The first-order valence-corrected chi connectivity index (χ1v) is 5.83. The SMILES string of the molecule is CC(CNCC1CN(C)CCN1C)C(=O)O. The van der Waals surface area contributed by atoms with E-state index < -0.39 is 5.97 Å². The van der Waals surface area contributed by atoms with Crippen LogP contribution in [0.1, 0.15) is 6.92 Å². The Bertz CT molecular complexity index is 235. The fourth-order valence-corrected chi connectivity index (χ4v) is 1.88. The van der Waals surface area contributed by atoms with Gasteiger partial charge in [0, 0.05) is 38.8 Å². The van der Waals surface area contributed by atoms with Crippen LogP contribution in [0, 0.1) is 5.92 Å². The van der Waals surface area contributed by atoms with Crippen LogP contribution < -0.4 is 5.32 Å². The van der Waals surface area contributed by atoms with Crippen molar-refractivity contribution in [3.63, 3.8) is 0 Å². The molecular weight excluding hydrogens is 206 g/mol. The van der Waals surface area contributed by atoms with Gasteiger partial charge in [-0.3, -0.25) is 9.69 Å². The maximum absolute atomic E-state index is 10.6. The van der Waals surface area contributed by atoms with Gasteiger partial charge in [-0.15, -0.1) is 0 Å². The highest BCUT2D eigenvalue weighted by Crippen LogP contribution is 2.04. The zero-order valence-corrected chi connectivity index (χ0v) is 10.4. The molecular formula is C11H23N3O2. The van der Waals surface area contributed by atoms with E-state index in [1.807, 2.05) is 0 Å². The lowest BCUT2D eigenvalue weighted by atomic mass is 10.1. The molecule has 0 amide bonds. The van der Waals surface area contributed by atoms with Crippen molar-refractivity contribution in [1.82, 2.24) is 15.1 Å². The number of carboxylic acids is 1. The Kier molecular flexibility index (Phi) is 5.18. The topological polar surface area (TPSA) is 55.8 Å². The second-order valence-electron chi connectivity index (χ2n) is 4.79. The van der Waals surface area contributed by atoms with Crippen LogP contribution >= 0.6 is 0 Å². The Labute approximate surface area is 97.4 Å². The Morgan fingerprint density at radius 1 is 1.50 bits per heavy atom. The highest BCUT2D eigenvalue weighted by atomic mass is 16.4. The van der Waals surface area contributed by atoms with Gasteiger partial charge in [0.2, 0.25) is 0 Å². The summed E-state index contributed by atoms with van der Waals surface area (Å²) in [5.41, 5.74) is 0. The number of hydrogen-bond donors (Lipinski definition) is 2. The molecule has 1 fully saturated rings. The van der Waals surface area contributed by atoms with Crippen LogP contribution in [0.3, 0.4) is 0 Å². The molecule has 1 saturated heterocycles. The summed E-state index contributed by atoms with van der Waals surface area (Å²) in [5, 5.41) is 12.0. The largest absolute Gasteiger partial charge is 0.481 e. The molecule has 0 aromatic rings. The molecule has 2 N–H and O–H groups in total. The number of carbonyl (C=O) groups is 1. The molecule has 1 aliphatic heterocycles. The van der Waals surface area contributed by atoms with Crippen LogP contribution in [0.25, 0.3) is 0 Å². The molecule has 0 saturated carbocycles. The number of piperazine rings is 1. The van der Waals surface area contributed by atoms with Crippen LogP contribution in [0.4, 0.5) is 0 Å². The van der Waals surface area contributed by atoms with Crippen molar-refractivity contribution >= 4 is 5.97 Å². The second kappa shape index (κ2) is 6.18. The maximum atomic E-state index is 10.6. The minimum Gasteiger partial charge on any atom is -0.481 e. The summed E-state index contributed by atoms with van der Waals surface area (Å²) in [4.78, 5) is 15.3. The number of hydrogen-bond acceptors (Lipinski definition) is 4. The Hall–Kier alpha value is -0.650. The van der Waals surface area contributed by atoms with Gasteiger partial charge in [-0.1, -0.05) is 6.92 Å². The number of likely N-dealkylation sites (N-methyl/N-ethyl adjacent to an activating group) is 2. The molecule has 0 aromatic heterocycles. The number of aliphatic carboxylic acids is 1. The molecule has 0 radical (unpaired) electrons. The molecule has 1 rings (SSSR count). The molecule has 1 aliphatic rings. The number of rotatable bonds is 5. The lowest BCUT2D eigenvalue weighted by Gasteiger charge is -2.37. The first kappa shape index (κ1) is 13.4.